The molecule has 6 aromatic carbocycles. The third kappa shape index (κ3) is 10.3. The number of carbonyl (C=O) groups is 3. The summed E-state index contributed by atoms with van der Waals surface area (Å²) in [5, 5.41) is 0. The number of ether oxygens (including phenoxy) is 16. The first-order chi connectivity index (χ1) is 38.7. The molecule has 3 heterocycles. The fraction of sp³-hybridized carbons (Fsp3) is 0.361. The van der Waals surface area contributed by atoms with E-state index in [1.807, 2.05) is 12.1 Å². The number of hydrogen-bond donors (Lipinski definition) is 0. The second kappa shape index (κ2) is 23.6. The van der Waals surface area contributed by atoms with Crippen molar-refractivity contribution in [3.05, 3.63) is 136 Å². The molecule has 0 bridgehead atoms. The van der Waals surface area contributed by atoms with E-state index in [-0.39, 0.29) is 23.7 Å². The van der Waals surface area contributed by atoms with Crippen molar-refractivity contribution < 1.29 is 90.2 Å². The second-order valence-corrected chi connectivity index (χ2v) is 18.9. The van der Waals surface area contributed by atoms with Crippen LogP contribution in [0.15, 0.2) is 91.0 Å². The van der Waals surface area contributed by atoms with Crippen molar-refractivity contribution in [2.75, 3.05) is 71.1 Å². The molecule has 1 unspecified atom stereocenters. The van der Waals surface area contributed by atoms with Crippen LogP contribution in [0.5, 0.6) is 74.7 Å². The minimum absolute atomic E-state index is 0.0207. The van der Waals surface area contributed by atoms with Crippen LogP contribution in [0.3, 0.4) is 0 Å². The van der Waals surface area contributed by atoms with Crippen molar-refractivity contribution in [1.82, 2.24) is 0 Å². The Bertz CT molecular complexity index is 3300. The molecular formula is C61H64O19. The van der Waals surface area contributed by atoms with Crippen LogP contribution in [0.25, 0.3) is 0 Å². The molecule has 0 radical (unpaired) electrons. The molecule has 19 heteroatoms. The highest BCUT2D eigenvalue weighted by Crippen LogP contribution is 2.62. The number of hydrogen-bond acceptors (Lipinski definition) is 19. The van der Waals surface area contributed by atoms with Gasteiger partial charge in [0, 0.05) is 83.8 Å². The van der Waals surface area contributed by atoms with Crippen molar-refractivity contribution >= 4 is 17.9 Å². The van der Waals surface area contributed by atoms with Gasteiger partial charge in [0.25, 0.3) is 0 Å². The maximum atomic E-state index is 13.9. The van der Waals surface area contributed by atoms with Crippen LogP contribution in [0.4, 0.5) is 0 Å². The normalized spacial score (nSPS) is 20.5. The molecule has 422 valence electrons. The molecule has 19 nitrogen and oxygen atoms in total. The molecule has 3 aliphatic rings. The van der Waals surface area contributed by atoms with Gasteiger partial charge in [0.05, 0.1) is 82.9 Å². The van der Waals surface area contributed by atoms with Crippen LogP contribution in [-0.4, -0.2) is 107 Å². The zero-order chi connectivity index (χ0) is 57.1. The van der Waals surface area contributed by atoms with Crippen LogP contribution < -0.4 is 61.6 Å². The van der Waals surface area contributed by atoms with E-state index in [4.69, 9.17) is 75.8 Å². The lowest BCUT2D eigenvalue weighted by atomic mass is 9.73. The summed E-state index contributed by atoms with van der Waals surface area (Å²) in [6.07, 6.45) is -6.56. The first-order valence-electron chi connectivity index (χ1n) is 25.5. The van der Waals surface area contributed by atoms with Crippen molar-refractivity contribution in [2.24, 2.45) is 0 Å². The van der Waals surface area contributed by atoms with Crippen LogP contribution in [-0.2, 0) is 35.0 Å². The van der Waals surface area contributed by atoms with Crippen LogP contribution in [0.2, 0.25) is 0 Å². The van der Waals surface area contributed by atoms with Crippen LogP contribution in [0.1, 0.15) is 95.4 Å². The zero-order valence-electron chi connectivity index (χ0n) is 46.7. The molecule has 9 rings (SSSR count). The lowest BCUT2D eigenvalue weighted by Crippen LogP contribution is -2.41. The van der Waals surface area contributed by atoms with Crippen molar-refractivity contribution in [1.29, 1.82) is 0 Å². The first-order valence-corrected chi connectivity index (χ1v) is 25.5. The maximum Gasteiger partial charge on any atom is 0.303 e. The van der Waals surface area contributed by atoms with E-state index in [2.05, 4.69) is 0 Å². The van der Waals surface area contributed by atoms with E-state index in [0.717, 1.165) is 0 Å². The van der Waals surface area contributed by atoms with Gasteiger partial charge in [0.15, 0.2) is 65.0 Å². The molecule has 8 atom stereocenters. The van der Waals surface area contributed by atoms with Gasteiger partial charge in [-0.2, -0.15) is 0 Å². The third-order valence-corrected chi connectivity index (χ3v) is 14.5. The average Bonchev–Trinajstić information content (AvgIpc) is 3.56. The summed E-state index contributed by atoms with van der Waals surface area (Å²) in [7, 11) is 15.2. The van der Waals surface area contributed by atoms with E-state index in [0.29, 0.717) is 102 Å². The molecule has 0 fully saturated rings. The Balaban J connectivity index is 1.44. The van der Waals surface area contributed by atoms with Gasteiger partial charge in [-0.15, -0.1) is 0 Å². The predicted molar refractivity (Wildman–Crippen MR) is 288 cm³/mol. The summed E-state index contributed by atoms with van der Waals surface area (Å²) in [5.41, 5.74) is 3.91. The number of fused-ring (bicyclic) bond motifs is 3. The summed E-state index contributed by atoms with van der Waals surface area (Å²) < 4.78 is 100. The topological polar surface area (TPSA) is 199 Å². The largest absolute Gasteiger partial charge is 0.497 e. The molecule has 80 heavy (non-hydrogen) atoms. The van der Waals surface area contributed by atoms with Gasteiger partial charge >= 0.3 is 17.9 Å². The van der Waals surface area contributed by atoms with Gasteiger partial charge in [-0.1, -0.05) is 30.3 Å². The lowest BCUT2D eigenvalue weighted by molar-refractivity contribution is -0.154. The molecule has 3 aliphatic heterocycles. The Morgan fingerprint density at radius 3 is 1.18 bits per heavy atom. The molecule has 0 aromatic heterocycles. The summed E-state index contributed by atoms with van der Waals surface area (Å²) in [5.74, 6) is 0.976. The monoisotopic (exact) mass is 1100 g/mol. The fourth-order valence-electron chi connectivity index (χ4n) is 11.2. The quantitative estimate of drug-likeness (QED) is 0.0581. The van der Waals surface area contributed by atoms with Crippen molar-refractivity contribution in [3.63, 3.8) is 0 Å². The minimum atomic E-state index is -1.21. The van der Waals surface area contributed by atoms with Crippen LogP contribution >= 0.6 is 0 Å². The molecule has 0 amide bonds. The second-order valence-electron chi connectivity index (χ2n) is 18.9. The summed E-state index contributed by atoms with van der Waals surface area (Å²) in [4.78, 5) is 41.0. The Morgan fingerprint density at radius 2 is 0.800 bits per heavy atom. The van der Waals surface area contributed by atoms with Crippen molar-refractivity contribution in [2.45, 2.75) is 75.7 Å². The van der Waals surface area contributed by atoms with E-state index in [1.54, 1.807) is 93.1 Å². The Labute approximate surface area is 463 Å². The highest BCUT2D eigenvalue weighted by molar-refractivity contribution is 5.74. The summed E-state index contributed by atoms with van der Waals surface area (Å²) in [6, 6.07) is 26.6. The predicted octanol–water partition coefficient (Wildman–Crippen LogP) is 9.78. The number of rotatable bonds is 18. The van der Waals surface area contributed by atoms with Gasteiger partial charge in [0.2, 0.25) is 0 Å². The third-order valence-electron chi connectivity index (χ3n) is 14.5. The van der Waals surface area contributed by atoms with E-state index in [1.165, 1.54) is 77.6 Å². The molecule has 0 aliphatic carbocycles. The molecule has 0 N–H and O–H groups in total. The smallest absolute Gasteiger partial charge is 0.303 e. The SMILES string of the molecule is COc1ccc2c(c1)O[C@H](c1ccc(OC)c(OC)c1)[C@H](OC(C)=O)C2c1c(OC)c2c(c([C@@H]3c4ccc(OC)cc4O[C@H](c4ccc(OC)c(OC)c4)[C@H]3OC(C)=O)c1OC)O[C@H](c1ccc(OC)c(OC)c1)[C@H](OC(C)=O)C2. The Kier molecular flexibility index (Phi) is 16.5. The molecular weight excluding hydrogens is 1040 g/mol. The van der Waals surface area contributed by atoms with Gasteiger partial charge in [-0.3, -0.25) is 14.4 Å². The number of methoxy groups -OCH3 is 10. The van der Waals surface area contributed by atoms with Gasteiger partial charge in [-0.05, 0) is 48.5 Å². The Hall–Kier alpha value is -8.87. The minimum Gasteiger partial charge on any atom is -0.497 e. The Morgan fingerprint density at radius 1 is 0.400 bits per heavy atom. The van der Waals surface area contributed by atoms with Gasteiger partial charge in [0.1, 0.15) is 46.4 Å². The summed E-state index contributed by atoms with van der Waals surface area (Å²) in [6.45, 7) is 3.95. The highest BCUT2D eigenvalue weighted by atomic mass is 16.6. The van der Waals surface area contributed by atoms with E-state index < -0.39 is 66.4 Å². The molecule has 0 saturated carbocycles. The molecule has 6 aromatic rings. The standard InChI is InChI=1S/C61H64O19/c1-30(62)75-49-29-40-57(73-12)52(50-38-19-17-36(65-4)27-44(38)78-55(60(50)76-31(2)63)34-15-22-42(68-7)47(25-34)71-10)59(74-13)53(58(40)80-54(49)33-14-21-41(67-6)46(24-33)70-9)51-39-20-18-37(66-5)28-45(39)79-56(61(51)77-32(3)64)35-16-23-43(69-8)48(26-35)72-11/h14-28,49-51,54-56,60-61H,29H2,1-13H3/t49-,50?,51+,54-,55-,56-,60-,61+/m1/s1. The maximum absolute atomic E-state index is 13.9. The molecule has 0 saturated heterocycles. The van der Waals surface area contributed by atoms with E-state index in [9.17, 15) is 14.4 Å². The van der Waals surface area contributed by atoms with Crippen molar-refractivity contribution in [3.8, 4) is 74.7 Å². The summed E-state index contributed by atoms with van der Waals surface area (Å²) >= 11 is 0. The van der Waals surface area contributed by atoms with Gasteiger partial charge in [-0.25, -0.2) is 0 Å². The van der Waals surface area contributed by atoms with Gasteiger partial charge < -0.3 is 75.8 Å². The molecule has 0 spiro atoms. The lowest BCUT2D eigenvalue weighted by Gasteiger charge is -2.44. The number of carbonyl (C=O) groups excluding carboxylic acids is 3. The highest BCUT2D eigenvalue weighted by Gasteiger charge is 2.52. The average molecular weight is 1100 g/mol. The number of benzene rings is 6. The number of esters is 3. The first kappa shape index (κ1) is 55.9. The van der Waals surface area contributed by atoms with Crippen LogP contribution in [0, 0.1) is 0 Å². The fourth-order valence-corrected chi connectivity index (χ4v) is 11.2. The zero-order valence-corrected chi connectivity index (χ0v) is 46.7. The van der Waals surface area contributed by atoms with E-state index >= 15 is 0 Å².